The summed E-state index contributed by atoms with van der Waals surface area (Å²) in [7, 11) is 0. The van der Waals surface area contributed by atoms with E-state index in [1.54, 1.807) is 0 Å². The second-order valence-corrected chi connectivity index (χ2v) is 7.68. The van der Waals surface area contributed by atoms with Crippen LogP contribution in [0.2, 0.25) is 0 Å². The zero-order valence-electron chi connectivity index (χ0n) is 13.1. The first kappa shape index (κ1) is 14.8. The van der Waals surface area contributed by atoms with E-state index in [1.165, 1.54) is 31.0 Å². The molecule has 1 unspecified atom stereocenters. The summed E-state index contributed by atoms with van der Waals surface area (Å²) in [5.41, 5.74) is 0.761. The molecule has 0 saturated heterocycles. The summed E-state index contributed by atoms with van der Waals surface area (Å²) >= 11 is 1.53. The maximum Gasteiger partial charge on any atom is 0.291 e. The number of aromatic nitrogens is 1. The van der Waals surface area contributed by atoms with Gasteiger partial charge in [0.05, 0.1) is 10.6 Å². The summed E-state index contributed by atoms with van der Waals surface area (Å²) in [6.07, 6.45) is 4.96. The van der Waals surface area contributed by atoms with Gasteiger partial charge in [0.15, 0.2) is 0 Å². The van der Waals surface area contributed by atoms with Crippen molar-refractivity contribution in [1.82, 2.24) is 10.5 Å². The molecule has 4 rings (SSSR count). The van der Waals surface area contributed by atoms with Crippen LogP contribution in [0, 0.1) is 18.8 Å². The molecule has 2 bridgehead atoms. The van der Waals surface area contributed by atoms with Crippen molar-refractivity contribution in [3.8, 4) is 0 Å². The van der Waals surface area contributed by atoms with Crippen LogP contribution in [0.15, 0.2) is 44.6 Å². The SMILES string of the molecule is Cc1noc(C(=O)N[C@@H]2CC3CC[C@@H]2C3)c1Sc1ccccc1. The van der Waals surface area contributed by atoms with Gasteiger partial charge in [0.1, 0.15) is 0 Å². The third-order valence-corrected chi connectivity index (χ3v) is 6.23. The van der Waals surface area contributed by atoms with E-state index in [-0.39, 0.29) is 5.91 Å². The average Bonchev–Trinajstić information content (AvgIpc) is 3.25. The molecule has 1 aromatic carbocycles. The lowest BCUT2D eigenvalue weighted by atomic mass is 9.95. The molecule has 0 radical (unpaired) electrons. The van der Waals surface area contributed by atoms with E-state index in [0.717, 1.165) is 27.8 Å². The van der Waals surface area contributed by atoms with Crippen LogP contribution in [0.25, 0.3) is 0 Å². The Morgan fingerprint density at radius 2 is 2.09 bits per heavy atom. The van der Waals surface area contributed by atoms with E-state index >= 15 is 0 Å². The maximum atomic E-state index is 12.6. The van der Waals surface area contributed by atoms with Crippen molar-refractivity contribution < 1.29 is 9.32 Å². The molecule has 5 heteroatoms. The van der Waals surface area contributed by atoms with Gasteiger partial charge in [0, 0.05) is 10.9 Å². The minimum Gasteiger partial charge on any atom is -0.350 e. The summed E-state index contributed by atoms with van der Waals surface area (Å²) in [4.78, 5) is 14.5. The molecule has 1 amide bonds. The molecule has 0 aliphatic heterocycles. The number of nitrogens with zero attached hydrogens (tertiary/aromatic N) is 1. The second-order valence-electron chi connectivity index (χ2n) is 6.60. The number of carbonyl (C=O) groups is 1. The lowest BCUT2D eigenvalue weighted by Gasteiger charge is -2.22. The third kappa shape index (κ3) is 2.90. The number of hydrogen-bond acceptors (Lipinski definition) is 4. The van der Waals surface area contributed by atoms with Crippen LogP contribution < -0.4 is 5.32 Å². The van der Waals surface area contributed by atoms with Crippen molar-refractivity contribution in [3.05, 3.63) is 41.8 Å². The number of carbonyl (C=O) groups excluding carboxylic acids is 1. The van der Waals surface area contributed by atoms with Crippen LogP contribution in [-0.2, 0) is 0 Å². The van der Waals surface area contributed by atoms with Gasteiger partial charge in [-0.3, -0.25) is 4.79 Å². The topological polar surface area (TPSA) is 55.1 Å². The van der Waals surface area contributed by atoms with Crippen molar-refractivity contribution in [2.45, 2.75) is 48.4 Å². The van der Waals surface area contributed by atoms with Crippen molar-refractivity contribution >= 4 is 17.7 Å². The van der Waals surface area contributed by atoms with Gasteiger partial charge in [0.2, 0.25) is 5.76 Å². The van der Waals surface area contributed by atoms with Gasteiger partial charge >= 0.3 is 0 Å². The van der Waals surface area contributed by atoms with E-state index in [4.69, 9.17) is 4.52 Å². The molecule has 2 aliphatic rings. The van der Waals surface area contributed by atoms with Crippen molar-refractivity contribution in [3.63, 3.8) is 0 Å². The fourth-order valence-corrected chi connectivity index (χ4v) is 4.82. The minimum atomic E-state index is -0.124. The van der Waals surface area contributed by atoms with E-state index in [9.17, 15) is 4.79 Å². The summed E-state index contributed by atoms with van der Waals surface area (Å²) in [5, 5.41) is 7.18. The highest BCUT2D eigenvalue weighted by Gasteiger charge is 2.40. The Kier molecular flexibility index (Phi) is 3.89. The van der Waals surface area contributed by atoms with Gasteiger partial charge in [0.25, 0.3) is 5.91 Å². The molecule has 23 heavy (non-hydrogen) atoms. The summed E-state index contributed by atoms with van der Waals surface area (Å²) in [6, 6.07) is 10.3. The Bertz CT molecular complexity index is 713. The molecule has 2 saturated carbocycles. The lowest BCUT2D eigenvalue weighted by Crippen LogP contribution is -2.38. The monoisotopic (exact) mass is 328 g/mol. The van der Waals surface area contributed by atoms with Crippen LogP contribution in [0.1, 0.15) is 41.9 Å². The third-order valence-electron chi connectivity index (χ3n) is 5.03. The minimum absolute atomic E-state index is 0.124. The van der Waals surface area contributed by atoms with Gasteiger partial charge in [-0.1, -0.05) is 41.5 Å². The van der Waals surface area contributed by atoms with Crippen molar-refractivity contribution in [2.24, 2.45) is 11.8 Å². The first-order valence-electron chi connectivity index (χ1n) is 8.20. The molecular weight excluding hydrogens is 308 g/mol. The molecule has 2 fully saturated rings. The number of fused-ring (bicyclic) bond motifs is 2. The lowest BCUT2D eigenvalue weighted by molar-refractivity contribution is 0.0881. The van der Waals surface area contributed by atoms with Gasteiger partial charge < -0.3 is 9.84 Å². The Morgan fingerprint density at radius 1 is 1.26 bits per heavy atom. The van der Waals surface area contributed by atoms with Gasteiger partial charge in [-0.2, -0.15) is 0 Å². The normalized spacial score (nSPS) is 25.7. The Hall–Kier alpha value is -1.75. The second kappa shape index (κ2) is 6.04. The largest absolute Gasteiger partial charge is 0.350 e. The predicted octanol–water partition coefficient (Wildman–Crippen LogP) is 4.05. The predicted molar refractivity (Wildman–Crippen MR) is 88.5 cm³/mol. The molecule has 0 spiro atoms. The molecule has 3 atom stereocenters. The zero-order chi connectivity index (χ0) is 15.8. The first-order valence-corrected chi connectivity index (χ1v) is 9.02. The van der Waals surface area contributed by atoms with E-state index < -0.39 is 0 Å². The molecule has 2 aromatic rings. The highest BCUT2D eigenvalue weighted by Crippen LogP contribution is 2.44. The van der Waals surface area contributed by atoms with Gasteiger partial charge in [-0.15, -0.1) is 0 Å². The number of rotatable bonds is 4. The van der Waals surface area contributed by atoms with Crippen LogP contribution in [0.5, 0.6) is 0 Å². The summed E-state index contributed by atoms with van der Waals surface area (Å²) in [5.74, 6) is 1.68. The van der Waals surface area contributed by atoms with Crippen LogP contribution >= 0.6 is 11.8 Å². The molecule has 1 N–H and O–H groups in total. The molecular formula is C18H20N2O2S. The van der Waals surface area contributed by atoms with Crippen molar-refractivity contribution in [1.29, 1.82) is 0 Å². The Balaban J connectivity index is 1.51. The first-order chi connectivity index (χ1) is 11.2. The Morgan fingerprint density at radius 3 is 2.78 bits per heavy atom. The molecule has 120 valence electrons. The number of nitrogens with one attached hydrogen (secondary N) is 1. The molecule has 1 heterocycles. The molecule has 1 aromatic heterocycles. The number of hydrogen-bond donors (Lipinski definition) is 1. The number of benzene rings is 1. The number of amides is 1. The van der Waals surface area contributed by atoms with Gasteiger partial charge in [-0.05, 0) is 50.2 Å². The molecule has 2 aliphatic carbocycles. The standard InChI is InChI=1S/C18H20N2O2S/c1-11-17(23-14-5-3-2-4-6-14)16(22-20-11)18(21)19-15-10-12-7-8-13(15)9-12/h2-6,12-13,15H,7-10H2,1H3,(H,19,21)/t12?,13-,15-/m1/s1. The Labute approximate surface area is 140 Å². The average molecular weight is 328 g/mol. The van der Waals surface area contributed by atoms with Gasteiger partial charge in [-0.25, -0.2) is 0 Å². The highest BCUT2D eigenvalue weighted by atomic mass is 32.2. The number of aryl methyl sites for hydroxylation is 1. The van der Waals surface area contributed by atoms with Crippen LogP contribution in [0.3, 0.4) is 0 Å². The fraction of sp³-hybridized carbons (Fsp3) is 0.444. The quantitative estimate of drug-likeness (QED) is 0.920. The van der Waals surface area contributed by atoms with Crippen LogP contribution in [-0.4, -0.2) is 17.1 Å². The van der Waals surface area contributed by atoms with Crippen molar-refractivity contribution in [2.75, 3.05) is 0 Å². The van der Waals surface area contributed by atoms with E-state index in [2.05, 4.69) is 10.5 Å². The van der Waals surface area contributed by atoms with E-state index in [0.29, 0.717) is 17.7 Å². The smallest absolute Gasteiger partial charge is 0.291 e. The zero-order valence-corrected chi connectivity index (χ0v) is 13.9. The summed E-state index contributed by atoms with van der Waals surface area (Å²) < 4.78 is 5.34. The van der Waals surface area contributed by atoms with Crippen LogP contribution in [0.4, 0.5) is 0 Å². The highest BCUT2D eigenvalue weighted by molar-refractivity contribution is 7.99. The van der Waals surface area contributed by atoms with E-state index in [1.807, 2.05) is 37.3 Å². The molecule has 4 nitrogen and oxygen atoms in total. The maximum absolute atomic E-state index is 12.6. The summed E-state index contributed by atoms with van der Waals surface area (Å²) in [6.45, 7) is 1.88. The fourth-order valence-electron chi connectivity index (χ4n) is 3.89.